The maximum Gasteiger partial charge on any atom is 0.112 e. The first-order chi connectivity index (χ1) is 9.33. The molecule has 2 aromatic rings. The summed E-state index contributed by atoms with van der Waals surface area (Å²) in [7, 11) is 2.18. The van der Waals surface area contributed by atoms with Crippen LogP contribution in [-0.2, 0) is 7.05 Å². The highest BCUT2D eigenvalue weighted by Crippen LogP contribution is 2.40. The van der Waals surface area contributed by atoms with Crippen LogP contribution in [0.25, 0.3) is 11.0 Å². The number of nitrogens with one attached hydrogen (secondary N) is 1. The molecular weight excluding hydrogens is 234 g/mol. The smallest absolute Gasteiger partial charge is 0.112 e. The second-order valence-electron chi connectivity index (χ2n) is 6.08. The Morgan fingerprint density at radius 2 is 1.89 bits per heavy atom. The topological polar surface area (TPSA) is 29.9 Å². The lowest BCUT2D eigenvalue weighted by Crippen LogP contribution is -2.26. The van der Waals surface area contributed by atoms with Crippen LogP contribution in [0, 0.1) is 0 Å². The number of hydrogen-bond donors (Lipinski definition) is 1. The number of aryl methyl sites for hydroxylation is 1. The fourth-order valence-corrected chi connectivity index (χ4v) is 3.34. The molecule has 19 heavy (non-hydrogen) atoms. The van der Waals surface area contributed by atoms with Gasteiger partial charge in [-0.3, -0.25) is 0 Å². The van der Waals surface area contributed by atoms with E-state index in [-0.39, 0.29) is 0 Å². The largest absolute Gasteiger partial charge is 0.331 e. The maximum atomic E-state index is 4.81. The van der Waals surface area contributed by atoms with Gasteiger partial charge in [-0.05, 0) is 62.4 Å². The highest BCUT2D eigenvalue weighted by molar-refractivity contribution is 5.77. The number of piperidine rings is 1. The van der Waals surface area contributed by atoms with E-state index in [4.69, 9.17) is 4.98 Å². The van der Waals surface area contributed by atoms with Gasteiger partial charge in [0.05, 0.1) is 11.0 Å². The van der Waals surface area contributed by atoms with E-state index < -0.39 is 0 Å². The third kappa shape index (κ3) is 1.96. The first-order valence-electron chi connectivity index (χ1n) is 7.50. The molecule has 1 aliphatic carbocycles. The van der Waals surface area contributed by atoms with Crippen LogP contribution in [0.5, 0.6) is 0 Å². The van der Waals surface area contributed by atoms with Gasteiger partial charge in [0.15, 0.2) is 0 Å². The minimum absolute atomic E-state index is 0.722. The minimum atomic E-state index is 0.722. The summed E-state index contributed by atoms with van der Waals surface area (Å²) in [4.78, 5) is 4.81. The summed E-state index contributed by atoms with van der Waals surface area (Å²) in [6.07, 6.45) is 5.16. The molecule has 1 N–H and O–H groups in total. The number of hydrogen-bond acceptors (Lipinski definition) is 2. The van der Waals surface area contributed by atoms with Crippen LogP contribution in [0.3, 0.4) is 0 Å². The molecule has 3 nitrogen and oxygen atoms in total. The van der Waals surface area contributed by atoms with Crippen molar-refractivity contribution in [3.63, 3.8) is 0 Å². The van der Waals surface area contributed by atoms with Crippen LogP contribution in [-0.4, -0.2) is 22.6 Å². The average molecular weight is 255 g/mol. The molecule has 1 saturated heterocycles. The van der Waals surface area contributed by atoms with Crippen LogP contribution < -0.4 is 5.32 Å². The molecule has 2 fully saturated rings. The first kappa shape index (κ1) is 11.5. The van der Waals surface area contributed by atoms with Gasteiger partial charge >= 0.3 is 0 Å². The summed E-state index contributed by atoms with van der Waals surface area (Å²) in [6, 6.07) is 6.89. The fourth-order valence-electron chi connectivity index (χ4n) is 3.34. The summed E-state index contributed by atoms with van der Waals surface area (Å²) in [5.74, 6) is 2.74. The number of rotatable bonds is 2. The fraction of sp³-hybridized carbons (Fsp3) is 0.562. The van der Waals surface area contributed by atoms with Crippen molar-refractivity contribution in [2.45, 2.75) is 37.5 Å². The van der Waals surface area contributed by atoms with Crippen LogP contribution in [0.15, 0.2) is 18.2 Å². The second kappa shape index (κ2) is 4.34. The Bertz CT molecular complexity index is 604. The van der Waals surface area contributed by atoms with Gasteiger partial charge in [-0.1, -0.05) is 6.07 Å². The monoisotopic (exact) mass is 255 g/mol. The molecule has 3 heteroatoms. The van der Waals surface area contributed by atoms with Crippen molar-refractivity contribution in [3.05, 3.63) is 29.6 Å². The summed E-state index contributed by atoms with van der Waals surface area (Å²) in [5.41, 5.74) is 3.99. The Morgan fingerprint density at radius 3 is 2.63 bits per heavy atom. The lowest BCUT2D eigenvalue weighted by Gasteiger charge is -2.23. The predicted molar refractivity (Wildman–Crippen MR) is 77.5 cm³/mol. The number of nitrogens with zero attached hydrogens (tertiary/aromatic N) is 2. The van der Waals surface area contributed by atoms with Crippen molar-refractivity contribution in [1.29, 1.82) is 0 Å². The van der Waals surface area contributed by atoms with Crippen LogP contribution in [0.2, 0.25) is 0 Å². The van der Waals surface area contributed by atoms with Crippen molar-refractivity contribution in [2.24, 2.45) is 7.05 Å². The van der Waals surface area contributed by atoms with Gasteiger partial charge in [-0.25, -0.2) is 4.98 Å². The van der Waals surface area contributed by atoms with E-state index in [9.17, 15) is 0 Å². The third-order valence-corrected chi connectivity index (χ3v) is 4.69. The molecule has 0 amide bonds. The molecule has 0 spiro atoms. The summed E-state index contributed by atoms with van der Waals surface area (Å²) >= 11 is 0. The normalized spacial score (nSPS) is 21.1. The van der Waals surface area contributed by atoms with Crippen molar-refractivity contribution in [1.82, 2.24) is 14.9 Å². The van der Waals surface area contributed by atoms with Gasteiger partial charge < -0.3 is 9.88 Å². The number of benzene rings is 1. The first-order valence-corrected chi connectivity index (χ1v) is 7.50. The molecule has 0 radical (unpaired) electrons. The van der Waals surface area contributed by atoms with Crippen LogP contribution in [0.4, 0.5) is 0 Å². The highest BCUT2D eigenvalue weighted by atomic mass is 15.1. The summed E-state index contributed by atoms with van der Waals surface area (Å²) in [6.45, 7) is 2.31. The Morgan fingerprint density at radius 1 is 1.11 bits per heavy atom. The van der Waals surface area contributed by atoms with Crippen LogP contribution in [0.1, 0.15) is 48.9 Å². The van der Waals surface area contributed by atoms with Gasteiger partial charge in [-0.15, -0.1) is 0 Å². The van der Waals surface area contributed by atoms with Crippen molar-refractivity contribution >= 4 is 11.0 Å². The van der Waals surface area contributed by atoms with Crippen molar-refractivity contribution < 1.29 is 0 Å². The average Bonchev–Trinajstić information content (AvgIpc) is 3.25. The van der Waals surface area contributed by atoms with Crippen LogP contribution >= 0.6 is 0 Å². The molecule has 0 bridgehead atoms. The van der Waals surface area contributed by atoms with E-state index in [0.29, 0.717) is 0 Å². The third-order valence-electron chi connectivity index (χ3n) is 4.69. The number of imidazole rings is 1. The van der Waals surface area contributed by atoms with Gasteiger partial charge in [-0.2, -0.15) is 0 Å². The van der Waals surface area contributed by atoms with Gasteiger partial charge in [0.25, 0.3) is 0 Å². The van der Waals surface area contributed by atoms with Gasteiger partial charge in [0.1, 0.15) is 5.82 Å². The van der Waals surface area contributed by atoms with E-state index in [1.807, 2.05) is 0 Å². The maximum absolute atomic E-state index is 4.81. The van der Waals surface area contributed by atoms with Crippen molar-refractivity contribution in [2.75, 3.05) is 13.1 Å². The minimum Gasteiger partial charge on any atom is -0.331 e. The zero-order valence-electron chi connectivity index (χ0n) is 11.5. The molecule has 1 aromatic heterocycles. The standard InChI is InChI=1S/C16H21N3/c1-19-15-10-13(11-6-8-17-9-7-11)4-5-14(15)18-16(19)12-2-3-12/h4-5,10-12,17H,2-3,6-9H2,1H3. The molecule has 2 aliphatic rings. The molecule has 4 rings (SSSR count). The van der Waals surface area contributed by atoms with E-state index in [1.165, 1.54) is 48.1 Å². The quantitative estimate of drug-likeness (QED) is 0.894. The van der Waals surface area contributed by atoms with E-state index in [1.54, 1.807) is 0 Å². The predicted octanol–water partition coefficient (Wildman–Crippen LogP) is 2.92. The SMILES string of the molecule is Cn1c(C2CC2)nc2ccc(C3CCNCC3)cc21. The Hall–Kier alpha value is -1.35. The molecule has 0 unspecified atom stereocenters. The molecular formula is C16H21N3. The number of fused-ring (bicyclic) bond motifs is 1. The summed E-state index contributed by atoms with van der Waals surface area (Å²) < 4.78 is 2.32. The molecule has 0 atom stereocenters. The Labute approximate surface area is 114 Å². The Kier molecular flexibility index (Phi) is 2.62. The zero-order valence-corrected chi connectivity index (χ0v) is 11.5. The van der Waals surface area contributed by atoms with E-state index >= 15 is 0 Å². The molecule has 100 valence electrons. The van der Waals surface area contributed by atoms with E-state index in [2.05, 4.69) is 35.1 Å². The number of aromatic nitrogens is 2. The second-order valence-corrected chi connectivity index (χ2v) is 6.08. The molecule has 1 aliphatic heterocycles. The Balaban J connectivity index is 1.75. The molecule has 1 aromatic carbocycles. The van der Waals surface area contributed by atoms with E-state index in [0.717, 1.165) is 24.9 Å². The highest BCUT2D eigenvalue weighted by Gasteiger charge is 2.28. The zero-order chi connectivity index (χ0) is 12.8. The van der Waals surface area contributed by atoms with Crippen molar-refractivity contribution in [3.8, 4) is 0 Å². The molecule has 2 heterocycles. The van der Waals surface area contributed by atoms with Gasteiger partial charge in [0.2, 0.25) is 0 Å². The van der Waals surface area contributed by atoms with Gasteiger partial charge in [0, 0.05) is 13.0 Å². The summed E-state index contributed by atoms with van der Waals surface area (Å²) in [5, 5.41) is 3.44. The lowest BCUT2D eigenvalue weighted by molar-refractivity contribution is 0.460. The molecule has 1 saturated carbocycles. The lowest BCUT2D eigenvalue weighted by atomic mass is 9.90.